The van der Waals surface area contributed by atoms with Crippen molar-refractivity contribution in [2.45, 2.75) is 0 Å². The van der Waals surface area contributed by atoms with E-state index in [1.165, 1.54) is 0 Å². The summed E-state index contributed by atoms with van der Waals surface area (Å²) in [7, 11) is 0. The quantitative estimate of drug-likeness (QED) is 0.565. The van der Waals surface area contributed by atoms with E-state index in [4.69, 9.17) is 0 Å². The molecule has 0 aromatic carbocycles. The second kappa shape index (κ2) is 6.64. The second-order valence-electron chi connectivity index (χ2n) is 6.63. The fraction of sp³-hybridized carbons (Fsp3) is 0.211. The number of pyridine rings is 1. The first-order valence-corrected chi connectivity index (χ1v) is 8.88. The normalized spacial score (nSPS) is 14.3. The Morgan fingerprint density at radius 2 is 1.93 bits per heavy atom. The predicted molar refractivity (Wildman–Crippen MR) is 103 cm³/mol. The van der Waals surface area contributed by atoms with Crippen molar-refractivity contribution in [1.82, 2.24) is 30.1 Å². The molecule has 0 spiro atoms. The number of rotatable bonds is 5. The summed E-state index contributed by atoms with van der Waals surface area (Å²) in [4.78, 5) is 17.9. The molecule has 8 nitrogen and oxygen atoms in total. The van der Waals surface area contributed by atoms with Crippen LogP contribution in [0.2, 0.25) is 0 Å². The highest BCUT2D eigenvalue weighted by molar-refractivity contribution is 5.86. The van der Waals surface area contributed by atoms with Crippen LogP contribution in [0.1, 0.15) is 0 Å². The van der Waals surface area contributed by atoms with E-state index in [9.17, 15) is 0 Å². The molecule has 27 heavy (non-hydrogen) atoms. The molecule has 1 aliphatic heterocycles. The minimum Gasteiger partial charge on any atom is -0.369 e. The highest BCUT2D eigenvalue weighted by atomic mass is 15.3. The van der Waals surface area contributed by atoms with Crippen molar-refractivity contribution in [1.29, 1.82) is 0 Å². The molecule has 1 aliphatic rings. The highest BCUT2D eigenvalue weighted by Crippen LogP contribution is 2.25. The van der Waals surface area contributed by atoms with E-state index in [0.29, 0.717) is 5.92 Å². The van der Waals surface area contributed by atoms with Gasteiger partial charge in [-0.15, -0.1) is 10.2 Å². The van der Waals surface area contributed by atoms with Gasteiger partial charge in [0.2, 0.25) is 0 Å². The largest absolute Gasteiger partial charge is 0.369 e. The Bertz CT molecular complexity index is 1040. The number of H-pyrrole nitrogens is 1. The number of hydrogen-bond acceptors (Lipinski definition) is 7. The van der Waals surface area contributed by atoms with Crippen molar-refractivity contribution in [2.24, 2.45) is 5.92 Å². The minimum absolute atomic E-state index is 0.552. The summed E-state index contributed by atoms with van der Waals surface area (Å²) in [5.41, 5.74) is 2.74. The van der Waals surface area contributed by atoms with Crippen LogP contribution in [0.5, 0.6) is 0 Å². The molecule has 0 amide bonds. The maximum atomic E-state index is 4.37. The summed E-state index contributed by atoms with van der Waals surface area (Å²) in [6.45, 7) is 2.78. The summed E-state index contributed by atoms with van der Waals surface area (Å²) in [5, 5.41) is 13.2. The zero-order valence-electron chi connectivity index (χ0n) is 14.6. The standard InChI is InChI=1S/C19H18N8/c1-2-17(26-25-16(1)14-3-6-20-7-4-14)27-10-13(11-27)9-22-19-15-5-8-21-18(15)23-12-24-19/h1-8,12-13H,9-11H2,(H2,21,22,23,24). The molecule has 1 fully saturated rings. The third kappa shape index (κ3) is 3.05. The number of hydrogen-bond donors (Lipinski definition) is 2. The van der Waals surface area contributed by atoms with E-state index in [0.717, 1.165) is 53.6 Å². The van der Waals surface area contributed by atoms with Crippen LogP contribution in [-0.4, -0.2) is 49.8 Å². The van der Waals surface area contributed by atoms with Crippen molar-refractivity contribution >= 4 is 22.7 Å². The first-order chi connectivity index (χ1) is 13.4. The lowest BCUT2D eigenvalue weighted by Crippen LogP contribution is -2.50. The first-order valence-electron chi connectivity index (χ1n) is 8.88. The maximum Gasteiger partial charge on any atom is 0.151 e. The van der Waals surface area contributed by atoms with Crippen LogP contribution in [0.15, 0.2) is 55.2 Å². The van der Waals surface area contributed by atoms with E-state index in [2.05, 4.69) is 40.3 Å². The Kier molecular flexibility index (Phi) is 3.86. The molecule has 0 bridgehead atoms. The molecular weight excluding hydrogens is 340 g/mol. The number of anilines is 2. The zero-order valence-corrected chi connectivity index (χ0v) is 14.6. The topological polar surface area (TPSA) is 95.5 Å². The van der Waals surface area contributed by atoms with E-state index in [1.54, 1.807) is 18.7 Å². The Hall–Kier alpha value is -3.55. The molecule has 0 unspecified atom stereocenters. The molecule has 1 saturated heterocycles. The molecule has 0 saturated carbocycles. The molecule has 0 radical (unpaired) electrons. The molecule has 0 aliphatic carbocycles. The number of fused-ring (bicyclic) bond motifs is 1. The van der Waals surface area contributed by atoms with Gasteiger partial charge in [-0.05, 0) is 30.3 Å². The van der Waals surface area contributed by atoms with Gasteiger partial charge in [0.25, 0.3) is 0 Å². The number of aromatic amines is 1. The minimum atomic E-state index is 0.552. The lowest BCUT2D eigenvalue weighted by molar-refractivity contribution is 0.425. The molecule has 8 heteroatoms. The second-order valence-corrected chi connectivity index (χ2v) is 6.63. The Morgan fingerprint density at radius 1 is 1.04 bits per heavy atom. The fourth-order valence-electron chi connectivity index (χ4n) is 3.31. The summed E-state index contributed by atoms with van der Waals surface area (Å²) >= 11 is 0. The van der Waals surface area contributed by atoms with E-state index in [-0.39, 0.29) is 0 Å². The lowest BCUT2D eigenvalue weighted by Gasteiger charge is -2.40. The summed E-state index contributed by atoms with van der Waals surface area (Å²) in [6.07, 6.45) is 6.98. The molecular formula is C19H18N8. The number of nitrogens with one attached hydrogen (secondary N) is 2. The van der Waals surface area contributed by atoms with E-state index >= 15 is 0 Å². The molecule has 4 aromatic heterocycles. The third-order valence-electron chi connectivity index (χ3n) is 4.82. The van der Waals surface area contributed by atoms with Gasteiger partial charge in [-0.25, -0.2) is 9.97 Å². The molecule has 4 aromatic rings. The van der Waals surface area contributed by atoms with Crippen LogP contribution in [0.3, 0.4) is 0 Å². The smallest absolute Gasteiger partial charge is 0.151 e. The van der Waals surface area contributed by atoms with Gasteiger partial charge in [-0.2, -0.15) is 0 Å². The van der Waals surface area contributed by atoms with Gasteiger partial charge in [0.1, 0.15) is 17.8 Å². The van der Waals surface area contributed by atoms with Gasteiger partial charge < -0.3 is 15.2 Å². The number of aromatic nitrogens is 6. The van der Waals surface area contributed by atoms with Crippen LogP contribution in [0.25, 0.3) is 22.3 Å². The van der Waals surface area contributed by atoms with Crippen LogP contribution >= 0.6 is 0 Å². The fourth-order valence-corrected chi connectivity index (χ4v) is 3.31. The summed E-state index contributed by atoms with van der Waals surface area (Å²) in [6, 6.07) is 9.89. The molecule has 5 rings (SSSR count). The highest BCUT2D eigenvalue weighted by Gasteiger charge is 2.28. The van der Waals surface area contributed by atoms with Crippen LogP contribution in [0, 0.1) is 5.92 Å². The molecule has 0 atom stereocenters. The van der Waals surface area contributed by atoms with E-state index < -0.39 is 0 Å². The van der Waals surface area contributed by atoms with Gasteiger partial charge in [-0.3, -0.25) is 4.98 Å². The van der Waals surface area contributed by atoms with Crippen molar-refractivity contribution in [3.63, 3.8) is 0 Å². The SMILES string of the molecule is c1cc(-c2ccc(N3CC(CNc4ncnc5[nH]ccc45)C3)nn2)ccn1. The third-order valence-corrected chi connectivity index (χ3v) is 4.82. The maximum absolute atomic E-state index is 4.37. The Labute approximate surface area is 155 Å². The van der Waals surface area contributed by atoms with Crippen LogP contribution in [-0.2, 0) is 0 Å². The van der Waals surface area contributed by atoms with Crippen molar-refractivity contribution in [2.75, 3.05) is 29.9 Å². The van der Waals surface area contributed by atoms with Crippen molar-refractivity contribution in [3.8, 4) is 11.3 Å². The monoisotopic (exact) mass is 358 g/mol. The van der Waals surface area contributed by atoms with Crippen LogP contribution in [0.4, 0.5) is 11.6 Å². The van der Waals surface area contributed by atoms with Gasteiger partial charge in [-0.1, -0.05) is 0 Å². The summed E-state index contributed by atoms with van der Waals surface area (Å²) in [5.74, 6) is 2.34. The van der Waals surface area contributed by atoms with Gasteiger partial charge in [0.15, 0.2) is 5.82 Å². The number of nitrogens with zero attached hydrogens (tertiary/aromatic N) is 6. The van der Waals surface area contributed by atoms with Crippen molar-refractivity contribution in [3.05, 3.63) is 55.2 Å². The van der Waals surface area contributed by atoms with Gasteiger partial charge in [0.05, 0.1) is 11.1 Å². The average molecular weight is 358 g/mol. The molecule has 5 heterocycles. The summed E-state index contributed by atoms with van der Waals surface area (Å²) < 4.78 is 0. The van der Waals surface area contributed by atoms with Gasteiger partial charge >= 0.3 is 0 Å². The Morgan fingerprint density at radius 3 is 2.74 bits per heavy atom. The Balaban J connectivity index is 1.18. The van der Waals surface area contributed by atoms with Crippen LogP contribution < -0.4 is 10.2 Å². The van der Waals surface area contributed by atoms with Gasteiger partial charge in [0, 0.05) is 49.7 Å². The zero-order chi connectivity index (χ0) is 18.1. The molecule has 134 valence electrons. The lowest BCUT2D eigenvalue weighted by atomic mass is 10.00. The first kappa shape index (κ1) is 15.7. The van der Waals surface area contributed by atoms with Crippen molar-refractivity contribution < 1.29 is 0 Å². The molecule has 2 N–H and O–H groups in total. The predicted octanol–water partition coefficient (Wildman–Crippen LogP) is 2.36. The average Bonchev–Trinajstić information content (AvgIpc) is 3.17. The van der Waals surface area contributed by atoms with E-state index in [1.807, 2.05) is 36.5 Å².